The number of nitrogens with zero attached hydrogens (tertiary/aromatic N) is 3. The van der Waals surface area contributed by atoms with Crippen molar-refractivity contribution < 1.29 is 9.76 Å². The van der Waals surface area contributed by atoms with E-state index in [0.717, 1.165) is 12.8 Å². The van der Waals surface area contributed by atoms with Crippen LogP contribution in [0.15, 0.2) is 30.5 Å². The molecule has 0 N–H and O–H groups in total. The number of hydrogen-bond acceptors (Lipinski definition) is 5. The van der Waals surface area contributed by atoms with Crippen LogP contribution in [0, 0.1) is 10.1 Å². The molecule has 98 valence electrons. The third kappa shape index (κ3) is 2.10. The maximum atomic E-state index is 11.4. The molecule has 1 fully saturated rings. The van der Waals surface area contributed by atoms with E-state index in [1.807, 2.05) is 0 Å². The molecule has 0 spiro atoms. The van der Waals surface area contributed by atoms with Gasteiger partial charge in [0.1, 0.15) is 5.69 Å². The number of nitro groups is 1. The largest absolute Gasteiger partial charge is 0.304 e. The minimum absolute atomic E-state index is 0.0625. The first-order valence-corrected chi connectivity index (χ1v) is 6.20. The van der Waals surface area contributed by atoms with Crippen molar-refractivity contribution in [3.05, 3.63) is 40.6 Å². The van der Waals surface area contributed by atoms with E-state index in [9.17, 15) is 10.1 Å². The quantitative estimate of drug-likeness (QED) is 0.612. The Morgan fingerprint density at radius 2 is 2.21 bits per heavy atom. The van der Waals surface area contributed by atoms with Crippen LogP contribution in [0.2, 0.25) is 0 Å². The predicted molar refractivity (Wildman–Crippen MR) is 70.9 cm³/mol. The van der Waals surface area contributed by atoms with Crippen molar-refractivity contribution in [2.45, 2.75) is 12.8 Å². The number of fused-ring (bicyclic) bond motifs is 1. The maximum absolute atomic E-state index is 11.4. The average Bonchev–Trinajstić information content (AvgIpc) is 2.46. The molecule has 1 aromatic heterocycles. The molecule has 0 aliphatic carbocycles. The van der Waals surface area contributed by atoms with Gasteiger partial charge in [-0.2, -0.15) is 0 Å². The molecule has 2 heterocycles. The summed E-state index contributed by atoms with van der Waals surface area (Å²) in [5.41, 5.74) is 1.19. The van der Waals surface area contributed by atoms with E-state index in [2.05, 4.69) is 4.98 Å². The average molecular weight is 259 g/mol. The standard InChI is InChI=1S/C13H13N3O3/c17-16(18)13-10-4-3-7-14-11(10)5-6-12(13)15-8-1-2-9-19-15/h3-7H,1-2,8-9H2. The van der Waals surface area contributed by atoms with E-state index in [4.69, 9.17) is 4.84 Å². The number of nitro benzene ring substituents is 1. The summed E-state index contributed by atoms with van der Waals surface area (Å²) in [5.74, 6) is 0. The van der Waals surface area contributed by atoms with Gasteiger partial charge in [0.05, 0.1) is 22.4 Å². The molecule has 0 amide bonds. The fourth-order valence-electron chi connectivity index (χ4n) is 2.31. The second-order valence-electron chi connectivity index (χ2n) is 4.40. The zero-order valence-corrected chi connectivity index (χ0v) is 10.3. The molecule has 0 bridgehead atoms. The van der Waals surface area contributed by atoms with Gasteiger partial charge in [-0.25, -0.2) is 5.06 Å². The molecule has 0 saturated carbocycles. The van der Waals surface area contributed by atoms with E-state index >= 15 is 0 Å². The number of hydroxylamine groups is 1. The fourth-order valence-corrected chi connectivity index (χ4v) is 2.31. The fraction of sp³-hybridized carbons (Fsp3) is 0.308. The Morgan fingerprint density at radius 3 is 2.95 bits per heavy atom. The predicted octanol–water partition coefficient (Wildman–Crippen LogP) is 2.67. The monoisotopic (exact) mass is 259 g/mol. The van der Waals surface area contributed by atoms with E-state index in [-0.39, 0.29) is 10.6 Å². The molecule has 0 unspecified atom stereocenters. The van der Waals surface area contributed by atoms with Crippen LogP contribution in [0.5, 0.6) is 0 Å². The summed E-state index contributed by atoms with van der Waals surface area (Å²) in [6.45, 7) is 1.27. The van der Waals surface area contributed by atoms with Crippen molar-refractivity contribution in [2.75, 3.05) is 18.2 Å². The van der Waals surface area contributed by atoms with Crippen LogP contribution in [0.25, 0.3) is 10.9 Å². The number of hydrogen-bond donors (Lipinski definition) is 0. The Morgan fingerprint density at radius 1 is 1.32 bits per heavy atom. The highest BCUT2D eigenvalue weighted by atomic mass is 16.7. The summed E-state index contributed by atoms with van der Waals surface area (Å²) in [4.78, 5) is 20.7. The van der Waals surface area contributed by atoms with Crippen LogP contribution in [0.1, 0.15) is 12.8 Å². The first-order valence-electron chi connectivity index (χ1n) is 6.20. The van der Waals surface area contributed by atoms with Crippen molar-refractivity contribution in [3.63, 3.8) is 0 Å². The molecule has 1 aliphatic rings. The number of aromatic nitrogens is 1. The highest BCUT2D eigenvalue weighted by molar-refractivity contribution is 5.94. The molecule has 2 aromatic rings. The van der Waals surface area contributed by atoms with Gasteiger partial charge in [0.2, 0.25) is 0 Å². The SMILES string of the molecule is O=[N+]([O-])c1c(N2CCCCO2)ccc2ncccc12. The zero-order valence-electron chi connectivity index (χ0n) is 10.3. The van der Waals surface area contributed by atoms with Crippen LogP contribution in [-0.2, 0) is 4.84 Å². The summed E-state index contributed by atoms with van der Waals surface area (Å²) < 4.78 is 0. The zero-order chi connectivity index (χ0) is 13.2. The van der Waals surface area contributed by atoms with Gasteiger partial charge in [-0.1, -0.05) is 0 Å². The van der Waals surface area contributed by atoms with E-state index in [0.29, 0.717) is 29.7 Å². The Balaban J connectivity index is 2.18. The van der Waals surface area contributed by atoms with Crippen molar-refractivity contribution in [3.8, 4) is 0 Å². The minimum atomic E-state index is -0.364. The molecule has 6 nitrogen and oxygen atoms in total. The lowest BCUT2D eigenvalue weighted by molar-refractivity contribution is -0.382. The smallest absolute Gasteiger partial charge is 0.273 e. The van der Waals surface area contributed by atoms with Crippen molar-refractivity contribution in [1.29, 1.82) is 0 Å². The highest BCUT2D eigenvalue weighted by Crippen LogP contribution is 2.36. The van der Waals surface area contributed by atoms with Gasteiger partial charge in [-0.15, -0.1) is 0 Å². The Hall–Kier alpha value is -2.21. The molecular weight excluding hydrogens is 246 g/mol. The molecule has 19 heavy (non-hydrogen) atoms. The molecule has 1 aromatic carbocycles. The topological polar surface area (TPSA) is 68.5 Å². The summed E-state index contributed by atoms with van der Waals surface area (Å²) in [6, 6.07) is 6.92. The van der Waals surface area contributed by atoms with Gasteiger partial charge in [0, 0.05) is 12.7 Å². The first-order chi connectivity index (χ1) is 9.27. The van der Waals surface area contributed by atoms with Crippen LogP contribution in [0.4, 0.5) is 11.4 Å². The van der Waals surface area contributed by atoms with Crippen molar-refractivity contribution >= 4 is 22.3 Å². The van der Waals surface area contributed by atoms with Gasteiger partial charge in [0.15, 0.2) is 0 Å². The molecule has 0 atom stereocenters. The summed E-state index contributed by atoms with van der Waals surface area (Å²) in [5, 5.41) is 13.5. The number of benzene rings is 1. The van der Waals surface area contributed by atoms with E-state index < -0.39 is 0 Å². The van der Waals surface area contributed by atoms with Crippen molar-refractivity contribution in [2.24, 2.45) is 0 Å². The minimum Gasteiger partial charge on any atom is -0.273 e. The number of rotatable bonds is 2. The summed E-state index contributed by atoms with van der Waals surface area (Å²) in [7, 11) is 0. The Kier molecular flexibility index (Phi) is 3.00. The molecule has 1 saturated heterocycles. The van der Waals surface area contributed by atoms with Crippen LogP contribution in [0.3, 0.4) is 0 Å². The summed E-state index contributed by atoms with van der Waals surface area (Å²) in [6.07, 6.45) is 3.59. The normalized spacial score (nSPS) is 15.7. The lowest BCUT2D eigenvalue weighted by Gasteiger charge is -2.27. The number of pyridine rings is 1. The third-order valence-electron chi connectivity index (χ3n) is 3.19. The molecule has 6 heteroatoms. The first kappa shape index (κ1) is 11.9. The van der Waals surface area contributed by atoms with E-state index in [1.54, 1.807) is 35.5 Å². The molecule has 3 rings (SSSR count). The van der Waals surface area contributed by atoms with Crippen LogP contribution < -0.4 is 5.06 Å². The van der Waals surface area contributed by atoms with Gasteiger partial charge >= 0.3 is 5.69 Å². The molecular formula is C13H13N3O3. The Labute approximate surface area is 109 Å². The highest BCUT2D eigenvalue weighted by Gasteiger charge is 2.25. The second kappa shape index (κ2) is 4.81. The van der Waals surface area contributed by atoms with Crippen LogP contribution >= 0.6 is 0 Å². The lowest BCUT2D eigenvalue weighted by Crippen LogP contribution is -2.30. The molecule has 1 aliphatic heterocycles. The van der Waals surface area contributed by atoms with Gasteiger partial charge < -0.3 is 0 Å². The van der Waals surface area contributed by atoms with Crippen LogP contribution in [-0.4, -0.2) is 23.1 Å². The lowest BCUT2D eigenvalue weighted by atomic mass is 10.1. The third-order valence-corrected chi connectivity index (χ3v) is 3.19. The van der Waals surface area contributed by atoms with Gasteiger partial charge in [0.25, 0.3) is 0 Å². The summed E-state index contributed by atoms with van der Waals surface area (Å²) >= 11 is 0. The number of anilines is 1. The molecule has 0 radical (unpaired) electrons. The maximum Gasteiger partial charge on any atom is 0.304 e. The van der Waals surface area contributed by atoms with Crippen molar-refractivity contribution in [1.82, 2.24) is 4.98 Å². The second-order valence-corrected chi connectivity index (χ2v) is 4.40. The Bertz CT molecular complexity index is 624. The van der Waals surface area contributed by atoms with E-state index in [1.165, 1.54) is 0 Å². The van der Waals surface area contributed by atoms with Gasteiger partial charge in [-0.3, -0.25) is 19.9 Å². The van der Waals surface area contributed by atoms with Gasteiger partial charge in [-0.05, 0) is 37.1 Å².